The lowest BCUT2D eigenvalue weighted by Crippen LogP contribution is -2.24. The van der Waals surface area contributed by atoms with Crippen LogP contribution in [0.2, 0.25) is 0 Å². The number of anilines is 1. The predicted molar refractivity (Wildman–Crippen MR) is 100 cm³/mol. The van der Waals surface area contributed by atoms with Crippen LogP contribution in [0, 0.1) is 13.8 Å². The van der Waals surface area contributed by atoms with Crippen molar-refractivity contribution in [2.45, 2.75) is 20.8 Å². The van der Waals surface area contributed by atoms with Crippen molar-refractivity contribution >= 4 is 35.0 Å². The van der Waals surface area contributed by atoms with Crippen molar-refractivity contribution in [3.8, 4) is 0 Å². The number of hydrogen-bond acceptors (Lipinski definition) is 4. The third kappa shape index (κ3) is 3.03. The van der Waals surface area contributed by atoms with E-state index in [2.05, 4.69) is 0 Å². The van der Waals surface area contributed by atoms with Gasteiger partial charge in [-0.15, -0.1) is 11.3 Å². The highest BCUT2D eigenvalue weighted by Crippen LogP contribution is 2.36. The number of thiophene rings is 1. The highest BCUT2D eigenvalue weighted by Gasteiger charge is 2.38. The van der Waals surface area contributed by atoms with Gasteiger partial charge in [0.05, 0.1) is 18.3 Å². The van der Waals surface area contributed by atoms with Gasteiger partial charge in [0.2, 0.25) is 0 Å². The van der Waals surface area contributed by atoms with Crippen molar-refractivity contribution in [3.63, 3.8) is 0 Å². The molecule has 5 heteroatoms. The zero-order chi connectivity index (χ0) is 18.1. The van der Waals surface area contributed by atoms with Crippen molar-refractivity contribution in [1.29, 1.82) is 0 Å². The number of allylic oxidation sites excluding steroid dienone is 1. The van der Waals surface area contributed by atoms with Crippen molar-refractivity contribution in [3.05, 3.63) is 68.6 Å². The normalized spacial score (nSPS) is 16.1. The summed E-state index contributed by atoms with van der Waals surface area (Å²) in [5, 5.41) is 1.97. The van der Waals surface area contributed by atoms with E-state index < -0.39 is 5.97 Å². The average Bonchev–Trinajstić information content (AvgIpc) is 3.09. The van der Waals surface area contributed by atoms with Crippen molar-refractivity contribution in [2.24, 2.45) is 0 Å². The smallest absolute Gasteiger partial charge is 0.340 e. The monoisotopic (exact) mass is 353 g/mol. The number of hydrogen-bond donors (Lipinski definition) is 0. The van der Waals surface area contributed by atoms with E-state index in [-0.39, 0.29) is 5.91 Å². The fraction of sp³-hybridized carbons (Fsp3) is 0.200. The molecule has 0 N–H and O–H groups in total. The Hall–Kier alpha value is -2.66. The van der Waals surface area contributed by atoms with Crippen LogP contribution in [0.25, 0.3) is 6.08 Å². The van der Waals surface area contributed by atoms with Gasteiger partial charge in [-0.1, -0.05) is 12.1 Å². The molecule has 3 rings (SSSR count). The van der Waals surface area contributed by atoms with Crippen LogP contribution in [0.3, 0.4) is 0 Å². The highest BCUT2D eigenvalue weighted by molar-refractivity contribution is 7.11. The van der Waals surface area contributed by atoms with Gasteiger partial charge in [0, 0.05) is 16.3 Å². The molecule has 1 aliphatic heterocycles. The SMILES string of the molecule is COC(=O)C1=C(C)N(c2cccc(C)c2)C(=O)/C1=C/c1sccc1C. The topological polar surface area (TPSA) is 46.6 Å². The second-order valence-electron chi connectivity index (χ2n) is 5.96. The summed E-state index contributed by atoms with van der Waals surface area (Å²) >= 11 is 1.54. The number of esters is 1. The summed E-state index contributed by atoms with van der Waals surface area (Å²) in [7, 11) is 1.33. The maximum Gasteiger partial charge on any atom is 0.340 e. The summed E-state index contributed by atoms with van der Waals surface area (Å²) in [6.45, 7) is 5.72. The van der Waals surface area contributed by atoms with E-state index >= 15 is 0 Å². The Morgan fingerprint density at radius 3 is 2.56 bits per heavy atom. The van der Waals surface area contributed by atoms with Crippen molar-refractivity contribution in [2.75, 3.05) is 12.0 Å². The van der Waals surface area contributed by atoms with Gasteiger partial charge in [0.15, 0.2) is 0 Å². The molecular weight excluding hydrogens is 334 g/mol. The molecule has 0 unspecified atom stereocenters. The van der Waals surface area contributed by atoms with Crippen LogP contribution >= 0.6 is 11.3 Å². The molecule has 1 aromatic carbocycles. The Kier molecular flexibility index (Phi) is 4.59. The predicted octanol–water partition coefficient (Wildman–Crippen LogP) is 4.24. The standard InChI is InChI=1S/C20H19NO3S/c1-12-6-5-7-15(10-12)21-14(3)18(20(23)24-4)16(19(21)22)11-17-13(2)8-9-25-17/h5-11H,1-4H3/b16-11+. The zero-order valence-electron chi connectivity index (χ0n) is 14.6. The van der Waals surface area contributed by atoms with Crippen LogP contribution in [-0.4, -0.2) is 19.0 Å². The molecule has 0 atom stereocenters. The summed E-state index contributed by atoms with van der Waals surface area (Å²) in [6.07, 6.45) is 1.79. The lowest BCUT2D eigenvalue weighted by Gasteiger charge is -2.18. The molecular formula is C20H19NO3S. The number of benzene rings is 1. The average molecular weight is 353 g/mol. The van der Waals surface area contributed by atoms with E-state index in [0.717, 1.165) is 21.7 Å². The second-order valence-corrected chi connectivity index (χ2v) is 6.91. The van der Waals surface area contributed by atoms with E-state index in [1.807, 2.05) is 49.6 Å². The number of rotatable bonds is 3. The molecule has 0 spiro atoms. The molecule has 25 heavy (non-hydrogen) atoms. The van der Waals surface area contributed by atoms with Crippen molar-refractivity contribution in [1.82, 2.24) is 0 Å². The van der Waals surface area contributed by atoms with E-state index in [1.54, 1.807) is 17.9 Å². The minimum absolute atomic E-state index is 0.212. The lowest BCUT2D eigenvalue weighted by atomic mass is 10.1. The molecule has 128 valence electrons. The number of ether oxygens (including phenoxy) is 1. The Balaban J connectivity index is 2.16. The van der Waals surface area contributed by atoms with E-state index in [9.17, 15) is 9.59 Å². The molecule has 4 nitrogen and oxygen atoms in total. The van der Waals surface area contributed by atoms with Gasteiger partial charge < -0.3 is 4.74 Å². The lowest BCUT2D eigenvalue weighted by molar-refractivity contribution is -0.136. The van der Waals surface area contributed by atoms with Crippen LogP contribution in [0.5, 0.6) is 0 Å². The maximum absolute atomic E-state index is 13.1. The Morgan fingerprint density at radius 1 is 1.20 bits per heavy atom. The third-order valence-corrected chi connectivity index (χ3v) is 5.19. The maximum atomic E-state index is 13.1. The van der Waals surface area contributed by atoms with Crippen LogP contribution in [0.15, 0.2) is 52.6 Å². The summed E-state index contributed by atoms with van der Waals surface area (Å²) in [6, 6.07) is 9.64. The van der Waals surface area contributed by atoms with Gasteiger partial charge in [-0.05, 0) is 61.6 Å². The molecule has 0 bridgehead atoms. The highest BCUT2D eigenvalue weighted by atomic mass is 32.1. The summed E-state index contributed by atoms with van der Waals surface area (Å²) in [5.41, 5.74) is 4.14. The molecule has 0 radical (unpaired) electrons. The number of amides is 1. The molecule has 1 aliphatic rings. The molecule has 0 saturated carbocycles. The fourth-order valence-electron chi connectivity index (χ4n) is 2.92. The minimum atomic E-state index is -0.499. The van der Waals surface area contributed by atoms with Crippen LogP contribution in [-0.2, 0) is 14.3 Å². The van der Waals surface area contributed by atoms with Crippen LogP contribution < -0.4 is 4.90 Å². The number of methoxy groups -OCH3 is 1. The molecule has 1 amide bonds. The number of aryl methyl sites for hydroxylation is 2. The van der Waals surface area contributed by atoms with Crippen molar-refractivity contribution < 1.29 is 14.3 Å². The quantitative estimate of drug-likeness (QED) is 0.612. The van der Waals surface area contributed by atoms with Gasteiger partial charge in [-0.25, -0.2) is 4.79 Å². The minimum Gasteiger partial charge on any atom is -0.465 e. The number of carbonyl (C=O) groups excluding carboxylic acids is 2. The number of carbonyl (C=O) groups is 2. The molecule has 0 fully saturated rings. The first-order valence-corrected chi connectivity index (χ1v) is 8.78. The second kappa shape index (κ2) is 6.69. The zero-order valence-corrected chi connectivity index (χ0v) is 15.4. The molecule has 2 aromatic rings. The molecule has 2 heterocycles. The molecule has 1 aromatic heterocycles. The van der Waals surface area contributed by atoms with Gasteiger partial charge in [-0.2, -0.15) is 0 Å². The first kappa shape index (κ1) is 17.2. The van der Waals surface area contributed by atoms with E-state index in [0.29, 0.717) is 16.8 Å². The Morgan fingerprint density at radius 2 is 1.96 bits per heavy atom. The Bertz CT molecular complexity index is 921. The largest absolute Gasteiger partial charge is 0.465 e. The van der Waals surface area contributed by atoms with Gasteiger partial charge in [-0.3, -0.25) is 9.69 Å². The van der Waals surface area contributed by atoms with Crippen LogP contribution in [0.4, 0.5) is 5.69 Å². The van der Waals surface area contributed by atoms with Gasteiger partial charge in [0.1, 0.15) is 0 Å². The van der Waals surface area contributed by atoms with Gasteiger partial charge >= 0.3 is 5.97 Å². The summed E-state index contributed by atoms with van der Waals surface area (Å²) in [5.74, 6) is -0.710. The summed E-state index contributed by atoms with van der Waals surface area (Å²) in [4.78, 5) is 28.0. The molecule has 0 saturated heterocycles. The first-order valence-electron chi connectivity index (χ1n) is 7.90. The van der Waals surface area contributed by atoms with Gasteiger partial charge in [0.25, 0.3) is 5.91 Å². The third-order valence-electron chi connectivity index (χ3n) is 4.23. The molecule has 0 aliphatic carbocycles. The van der Waals surface area contributed by atoms with Crippen LogP contribution in [0.1, 0.15) is 22.9 Å². The fourth-order valence-corrected chi connectivity index (χ4v) is 3.78. The van der Waals surface area contributed by atoms with E-state index in [4.69, 9.17) is 4.74 Å². The first-order chi connectivity index (χ1) is 11.9. The number of nitrogens with zero attached hydrogens (tertiary/aromatic N) is 1. The van der Waals surface area contributed by atoms with E-state index in [1.165, 1.54) is 18.4 Å². The summed E-state index contributed by atoms with van der Waals surface area (Å²) < 4.78 is 4.93. The Labute approximate surface area is 151 Å².